The van der Waals surface area contributed by atoms with Crippen LogP contribution in [0.2, 0.25) is 0 Å². The van der Waals surface area contributed by atoms with E-state index in [-0.39, 0.29) is 5.78 Å². The zero-order valence-electron chi connectivity index (χ0n) is 18.4. The molecule has 3 nitrogen and oxygen atoms in total. The molecule has 0 aliphatic carbocycles. The summed E-state index contributed by atoms with van der Waals surface area (Å²) < 4.78 is 0. The van der Waals surface area contributed by atoms with Crippen LogP contribution in [-0.2, 0) is 13.0 Å². The van der Waals surface area contributed by atoms with Crippen LogP contribution in [0.15, 0.2) is 48.5 Å². The van der Waals surface area contributed by atoms with Gasteiger partial charge in [-0.05, 0) is 81.4 Å². The summed E-state index contributed by atoms with van der Waals surface area (Å²) >= 11 is 0. The third-order valence-corrected chi connectivity index (χ3v) is 6.37. The first kappa shape index (κ1) is 21.7. The van der Waals surface area contributed by atoms with Gasteiger partial charge in [-0.3, -0.25) is 9.69 Å². The van der Waals surface area contributed by atoms with Crippen LogP contribution in [0, 0.1) is 12.8 Å². The Labute approximate surface area is 176 Å². The highest BCUT2D eigenvalue weighted by Crippen LogP contribution is 2.20. The van der Waals surface area contributed by atoms with Crippen LogP contribution in [-0.4, -0.2) is 48.3 Å². The minimum atomic E-state index is 0.146. The van der Waals surface area contributed by atoms with Crippen LogP contribution >= 0.6 is 0 Å². The number of nitrogens with zero attached hydrogens (tertiary/aromatic N) is 2. The van der Waals surface area contributed by atoms with E-state index >= 15 is 0 Å². The molecule has 0 atom stereocenters. The average molecular weight is 393 g/mol. The van der Waals surface area contributed by atoms with Crippen LogP contribution in [0.5, 0.6) is 0 Å². The normalized spacial score (nSPS) is 15.7. The van der Waals surface area contributed by atoms with Gasteiger partial charge in [0, 0.05) is 25.2 Å². The van der Waals surface area contributed by atoms with Gasteiger partial charge in [-0.2, -0.15) is 0 Å². The van der Waals surface area contributed by atoms with E-state index in [9.17, 15) is 4.79 Å². The molecular formula is C26H36N2O. The van der Waals surface area contributed by atoms with Crippen molar-refractivity contribution in [2.45, 2.75) is 46.6 Å². The molecule has 1 aliphatic heterocycles. The summed E-state index contributed by atoms with van der Waals surface area (Å²) in [6.45, 7) is 12.9. The van der Waals surface area contributed by atoms with Crippen molar-refractivity contribution in [3.8, 4) is 0 Å². The van der Waals surface area contributed by atoms with Gasteiger partial charge in [0.25, 0.3) is 0 Å². The van der Waals surface area contributed by atoms with E-state index in [1.165, 1.54) is 49.2 Å². The molecule has 0 radical (unpaired) electrons. The first-order valence-electron chi connectivity index (χ1n) is 11.1. The van der Waals surface area contributed by atoms with E-state index in [1.54, 1.807) is 6.92 Å². The molecule has 2 aromatic rings. The smallest absolute Gasteiger partial charge is 0.159 e. The van der Waals surface area contributed by atoms with Crippen molar-refractivity contribution in [2.24, 2.45) is 5.92 Å². The number of hydrogen-bond donors (Lipinski definition) is 0. The fourth-order valence-electron chi connectivity index (χ4n) is 4.38. The molecule has 0 amide bonds. The average Bonchev–Trinajstić information content (AvgIpc) is 2.74. The molecule has 0 N–H and O–H groups in total. The number of carbonyl (C=O) groups excluding carboxylic acids is 1. The molecule has 2 aromatic carbocycles. The topological polar surface area (TPSA) is 23.6 Å². The van der Waals surface area contributed by atoms with Gasteiger partial charge in [-0.15, -0.1) is 0 Å². The Balaban J connectivity index is 1.44. The highest BCUT2D eigenvalue weighted by atomic mass is 16.1. The summed E-state index contributed by atoms with van der Waals surface area (Å²) in [7, 11) is 0. The van der Waals surface area contributed by atoms with Crippen LogP contribution in [0.25, 0.3) is 0 Å². The van der Waals surface area contributed by atoms with E-state index in [0.717, 1.165) is 37.5 Å². The molecule has 1 saturated heterocycles. The van der Waals surface area contributed by atoms with Gasteiger partial charge < -0.3 is 4.90 Å². The first-order valence-corrected chi connectivity index (χ1v) is 11.1. The fourth-order valence-corrected chi connectivity index (χ4v) is 4.38. The summed E-state index contributed by atoms with van der Waals surface area (Å²) in [4.78, 5) is 16.8. The number of aryl methyl sites for hydroxylation is 1. The predicted molar refractivity (Wildman–Crippen MR) is 121 cm³/mol. The fraction of sp³-hybridized carbons (Fsp3) is 0.500. The van der Waals surface area contributed by atoms with Crippen molar-refractivity contribution in [2.75, 3.05) is 32.7 Å². The Kier molecular flexibility index (Phi) is 8.02. The lowest BCUT2D eigenvalue weighted by Crippen LogP contribution is -2.39. The molecule has 0 aromatic heterocycles. The Morgan fingerprint density at radius 1 is 1.10 bits per heavy atom. The maximum Gasteiger partial charge on any atom is 0.159 e. The summed E-state index contributed by atoms with van der Waals surface area (Å²) in [5.74, 6) is 0.925. The lowest BCUT2D eigenvalue weighted by atomic mass is 9.95. The molecule has 0 spiro atoms. The summed E-state index contributed by atoms with van der Waals surface area (Å²) in [6, 6.07) is 16.9. The quantitative estimate of drug-likeness (QED) is 0.563. The number of ketones is 1. The maximum absolute atomic E-state index is 11.6. The molecule has 0 saturated carbocycles. The van der Waals surface area contributed by atoms with Gasteiger partial charge in [0.05, 0.1) is 0 Å². The second kappa shape index (κ2) is 10.7. The van der Waals surface area contributed by atoms with Gasteiger partial charge in [0.1, 0.15) is 0 Å². The molecular weight excluding hydrogens is 356 g/mol. The van der Waals surface area contributed by atoms with Crippen LogP contribution in [0.1, 0.15) is 53.7 Å². The molecule has 156 valence electrons. The molecule has 1 heterocycles. The van der Waals surface area contributed by atoms with Crippen molar-refractivity contribution in [3.05, 3.63) is 70.8 Å². The highest BCUT2D eigenvalue weighted by Gasteiger charge is 2.21. The van der Waals surface area contributed by atoms with Gasteiger partial charge in [-0.25, -0.2) is 0 Å². The van der Waals surface area contributed by atoms with Gasteiger partial charge >= 0.3 is 0 Å². The van der Waals surface area contributed by atoms with Crippen molar-refractivity contribution in [3.63, 3.8) is 0 Å². The highest BCUT2D eigenvalue weighted by molar-refractivity contribution is 5.94. The Bertz CT molecular complexity index is 793. The number of rotatable bonds is 9. The number of hydrogen-bond acceptors (Lipinski definition) is 3. The zero-order chi connectivity index (χ0) is 20.6. The SMILES string of the molecule is CCN(Cc1cccc(C(C)=O)c1)CC1CCN(CCc2ccccc2C)CC1. The molecule has 3 heteroatoms. The molecule has 1 fully saturated rings. The lowest BCUT2D eigenvalue weighted by Gasteiger charge is -2.34. The zero-order valence-corrected chi connectivity index (χ0v) is 18.4. The predicted octanol–water partition coefficient (Wildman–Crippen LogP) is 4.97. The van der Waals surface area contributed by atoms with Crippen LogP contribution in [0.4, 0.5) is 0 Å². The number of piperidine rings is 1. The van der Waals surface area contributed by atoms with Gasteiger partial charge in [0.2, 0.25) is 0 Å². The standard InChI is InChI=1S/C26H36N2O/c1-4-27(20-24-9-7-11-26(18-24)22(3)29)19-23-12-15-28(16-13-23)17-14-25-10-6-5-8-21(25)2/h5-11,18,23H,4,12-17,19-20H2,1-3H3. The van der Waals surface area contributed by atoms with Gasteiger partial charge in [0.15, 0.2) is 5.78 Å². The molecule has 29 heavy (non-hydrogen) atoms. The second-order valence-corrected chi connectivity index (χ2v) is 8.55. The van der Waals surface area contributed by atoms with E-state index < -0.39 is 0 Å². The van der Waals surface area contributed by atoms with E-state index in [2.05, 4.69) is 60.0 Å². The van der Waals surface area contributed by atoms with E-state index in [1.807, 2.05) is 12.1 Å². The monoisotopic (exact) mass is 392 g/mol. The number of Topliss-reactive ketones (excluding diaryl/α,β-unsaturated/α-hetero) is 1. The second-order valence-electron chi connectivity index (χ2n) is 8.55. The van der Waals surface area contributed by atoms with Crippen LogP contribution < -0.4 is 0 Å². The Morgan fingerprint density at radius 2 is 1.86 bits per heavy atom. The van der Waals surface area contributed by atoms with Crippen molar-refractivity contribution in [1.29, 1.82) is 0 Å². The third-order valence-electron chi connectivity index (χ3n) is 6.37. The molecule has 0 bridgehead atoms. The number of carbonyl (C=O) groups is 1. The molecule has 3 rings (SSSR count). The summed E-state index contributed by atoms with van der Waals surface area (Å²) in [6.07, 6.45) is 3.74. The minimum Gasteiger partial charge on any atom is -0.303 e. The number of likely N-dealkylation sites (tertiary alicyclic amines) is 1. The minimum absolute atomic E-state index is 0.146. The lowest BCUT2D eigenvalue weighted by molar-refractivity contribution is 0.101. The summed E-state index contributed by atoms with van der Waals surface area (Å²) in [5, 5.41) is 0. The van der Waals surface area contributed by atoms with E-state index in [0.29, 0.717) is 0 Å². The molecule has 0 unspecified atom stereocenters. The molecule has 1 aliphatic rings. The van der Waals surface area contributed by atoms with Crippen molar-refractivity contribution in [1.82, 2.24) is 9.80 Å². The van der Waals surface area contributed by atoms with Crippen molar-refractivity contribution >= 4 is 5.78 Å². The Morgan fingerprint density at radius 3 is 2.55 bits per heavy atom. The number of benzene rings is 2. The largest absolute Gasteiger partial charge is 0.303 e. The summed E-state index contributed by atoms with van der Waals surface area (Å²) in [5.41, 5.74) is 4.96. The van der Waals surface area contributed by atoms with Crippen molar-refractivity contribution < 1.29 is 4.79 Å². The maximum atomic E-state index is 11.6. The van der Waals surface area contributed by atoms with E-state index in [4.69, 9.17) is 0 Å². The van der Waals surface area contributed by atoms with Crippen LogP contribution in [0.3, 0.4) is 0 Å². The first-order chi connectivity index (χ1) is 14.0. The third kappa shape index (κ3) is 6.52. The van der Waals surface area contributed by atoms with Gasteiger partial charge in [-0.1, -0.05) is 49.4 Å². The Hall–Kier alpha value is -1.97.